The lowest BCUT2D eigenvalue weighted by molar-refractivity contribution is 1.20. The topological polar surface area (TPSA) is 31.9 Å². The SMILES string of the molecule is C1=CC[N-]C(c2ccc3cc(-c4ccc5c(ccc6c7ccc(-c8cccnc8)cc7n(-c7cccc8ccccc78)c56)c4)ccc3c2)=C1. The van der Waals surface area contributed by atoms with Gasteiger partial charge in [-0.2, -0.15) is 0 Å². The molecule has 1 aliphatic rings. The van der Waals surface area contributed by atoms with Crippen LogP contribution in [0.1, 0.15) is 5.56 Å². The summed E-state index contributed by atoms with van der Waals surface area (Å²) in [6.07, 6.45) is 10.0. The molecule has 230 valence electrons. The second-order valence-electron chi connectivity index (χ2n) is 12.8. The predicted molar refractivity (Wildman–Crippen MR) is 207 cm³/mol. The molecular formula is C46H30N3-. The van der Waals surface area contributed by atoms with Crippen molar-refractivity contribution in [3.05, 3.63) is 181 Å². The summed E-state index contributed by atoms with van der Waals surface area (Å²) in [4.78, 5) is 4.40. The molecule has 0 aliphatic carbocycles. The van der Waals surface area contributed by atoms with E-state index in [1.54, 1.807) is 0 Å². The Hall–Kier alpha value is -6.45. The first kappa shape index (κ1) is 27.6. The summed E-state index contributed by atoms with van der Waals surface area (Å²) in [5.74, 6) is 0. The molecule has 3 heterocycles. The average Bonchev–Trinajstić information content (AvgIpc) is 3.51. The van der Waals surface area contributed by atoms with Crippen LogP contribution in [0.15, 0.2) is 170 Å². The highest BCUT2D eigenvalue weighted by Gasteiger charge is 2.18. The van der Waals surface area contributed by atoms with Crippen molar-refractivity contribution in [2.75, 3.05) is 6.54 Å². The summed E-state index contributed by atoms with van der Waals surface area (Å²) >= 11 is 0. The zero-order chi connectivity index (χ0) is 32.3. The van der Waals surface area contributed by atoms with Crippen molar-refractivity contribution in [3.8, 4) is 27.9 Å². The Balaban J connectivity index is 1.17. The van der Waals surface area contributed by atoms with E-state index in [-0.39, 0.29) is 0 Å². The van der Waals surface area contributed by atoms with Crippen molar-refractivity contribution in [3.63, 3.8) is 0 Å². The highest BCUT2D eigenvalue weighted by atomic mass is 15.0. The molecule has 0 N–H and O–H groups in total. The van der Waals surface area contributed by atoms with Crippen LogP contribution in [0.4, 0.5) is 0 Å². The first-order valence-electron chi connectivity index (χ1n) is 16.8. The van der Waals surface area contributed by atoms with Crippen LogP contribution < -0.4 is 0 Å². The molecule has 2 aromatic heterocycles. The maximum absolute atomic E-state index is 4.66. The number of hydrogen-bond donors (Lipinski definition) is 0. The van der Waals surface area contributed by atoms with Gasteiger partial charge in [-0.3, -0.25) is 4.98 Å². The van der Waals surface area contributed by atoms with E-state index in [2.05, 4.69) is 167 Å². The van der Waals surface area contributed by atoms with Gasteiger partial charge in [0.15, 0.2) is 0 Å². The van der Waals surface area contributed by atoms with Crippen LogP contribution in [0.5, 0.6) is 0 Å². The molecule has 49 heavy (non-hydrogen) atoms. The van der Waals surface area contributed by atoms with Crippen molar-refractivity contribution in [2.24, 2.45) is 0 Å². The molecule has 0 unspecified atom stereocenters. The van der Waals surface area contributed by atoms with Crippen LogP contribution in [-0.4, -0.2) is 16.1 Å². The van der Waals surface area contributed by atoms with Crippen LogP contribution in [0.25, 0.3) is 93.1 Å². The Morgan fingerprint density at radius 1 is 0.510 bits per heavy atom. The third kappa shape index (κ3) is 4.55. The minimum Gasteiger partial charge on any atom is -0.681 e. The Bertz CT molecular complexity index is 2810. The number of hydrogen-bond acceptors (Lipinski definition) is 1. The van der Waals surface area contributed by atoms with Gasteiger partial charge in [-0.1, -0.05) is 115 Å². The Kier molecular flexibility index (Phi) is 6.25. The third-order valence-electron chi connectivity index (χ3n) is 9.97. The molecule has 7 aromatic carbocycles. The van der Waals surface area contributed by atoms with Gasteiger partial charge in [-0.15, -0.1) is 18.3 Å². The molecule has 0 amide bonds. The van der Waals surface area contributed by atoms with E-state index >= 15 is 0 Å². The van der Waals surface area contributed by atoms with Gasteiger partial charge < -0.3 is 9.88 Å². The van der Waals surface area contributed by atoms with Gasteiger partial charge >= 0.3 is 0 Å². The van der Waals surface area contributed by atoms with Gasteiger partial charge in [0.05, 0.1) is 16.7 Å². The zero-order valence-electron chi connectivity index (χ0n) is 26.7. The second-order valence-corrected chi connectivity index (χ2v) is 12.8. The largest absolute Gasteiger partial charge is 0.681 e. The van der Waals surface area contributed by atoms with E-state index in [1.165, 1.54) is 70.9 Å². The summed E-state index contributed by atoms with van der Waals surface area (Å²) in [5, 5.41) is 14.5. The van der Waals surface area contributed by atoms with Crippen molar-refractivity contribution in [1.29, 1.82) is 0 Å². The predicted octanol–water partition coefficient (Wildman–Crippen LogP) is 12.3. The Morgan fingerprint density at radius 2 is 1.22 bits per heavy atom. The van der Waals surface area contributed by atoms with Crippen molar-refractivity contribution >= 4 is 59.8 Å². The second kappa shape index (κ2) is 11.1. The molecule has 0 bridgehead atoms. The fourth-order valence-electron chi connectivity index (χ4n) is 7.58. The number of nitrogens with zero attached hydrogens (tertiary/aromatic N) is 3. The minimum absolute atomic E-state index is 0.742. The molecule has 10 rings (SSSR count). The molecule has 3 heteroatoms. The summed E-state index contributed by atoms with van der Waals surface area (Å²) in [7, 11) is 0. The maximum Gasteiger partial charge on any atom is 0.0619 e. The number of fused-ring (bicyclic) bond motifs is 7. The molecule has 3 nitrogen and oxygen atoms in total. The van der Waals surface area contributed by atoms with E-state index in [4.69, 9.17) is 0 Å². The molecular weight excluding hydrogens is 595 g/mol. The van der Waals surface area contributed by atoms with Crippen molar-refractivity contribution in [2.45, 2.75) is 0 Å². The first-order chi connectivity index (χ1) is 24.3. The number of benzene rings is 7. The molecule has 0 spiro atoms. The third-order valence-corrected chi connectivity index (χ3v) is 9.97. The van der Waals surface area contributed by atoms with Gasteiger partial charge in [0.1, 0.15) is 0 Å². The minimum atomic E-state index is 0.742. The van der Waals surface area contributed by atoms with Crippen LogP contribution in [0, 0.1) is 0 Å². The number of pyridine rings is 1. The monoisotopic (exact) mass is 624 g/mol. The first-order valence-corrected chi connectivity index (χ1v) is 16.8. The van der Waals surface area contributed by atoms with E-state index in [1.807, 2.05) is 18.5 Å². The van der Waals surface area contributed by atoms with Crippen molar-refractivity contribution < 1.29 is 0 Å². The molecule has 0 saturated heterocycles. The van der Waals surface area contributed by atoms with Crippen molar-refractivity contribution in [1.82, 2.24) is 9.55 Å². The highest BCUT2D eigenvalue weighted by Crippen LogP contribution is 2.41. The summed E-state index contributed by atoms with van der Waals surface area (Å²) in [6.45, 7) is 0.742. The van der Waals surface area contributed by atoms with Gasteiger partial charge in [0.2, 0.25) is 0 Å². The average molecular weight is 625 g/mol. The standard InChI is InChI=1S/C46H30N3/c1-2-10-39-30(7-1)8-5-12-44(39)49-45-28-35(38-9-6-23-47-29-38)18-21-41(45)42-22-19-36-26-34(17-20-40(36)46(42)49)31-13-14-33-27-37(16-15-32(33)25-31)43-11-3-4-24-48-43/h1-23,25-29H,24H2/q-1. The fourth-order valence-corrected chi connectivity index (χ4v) is 7.58. The van der Waals surface area contributed by atoms with E-state index < -0.39 is 0 Å². The summed E-state index contributed by atoms with van der Waals surface area (Å²) in [5.41, 5.74) is 10.5. The highest BCUT2D eigenvalue weighted by molar-refractivity contribution is 6.20. The summed E-state index contributed by atoms with van der Waals surface area (Å²) < 4.78 is 2.48. The molecule has 9 aromatic rings. The van der Waals surface area contributed by atoms with Crippen LogP contribution in [0.3, 0.4) is 0 Å². The number of aromatic nitrogens is 2. The smallest absolute Gasteiger partial charge is 0.0619 e. The van der Waals surface area contributed by atoms with Gasteiger partial charge in [-0.25, -0.2) is 0 Å². The Labute approximate surface area is 284 Å². The lowest BCUT2D eigenvalue weighted by Crippen LogP contribution is -1.96. The molecule has 0 atom stereocenters. The van der Waals surface area contributed by atoms with E-state index in [0.717, 1.165) is 28.9 Å². The number of rotatable bonds is 4. The van der Waals surface area contributed by atoms with Gasteiger partial charge in [0.25, 0.3) is 0 Å². The zero-order valence-corrected chi connectivity index (χ0v) is 26.7. The molecule has 1 aliphatic heterocycles. The lowest BCUT2D eigenvalue weighted by Gasteiger charge is -2.26. The van der Waals surface area contributed by atoms with Crippen LogP contribution in [-0.2, 0) is 0 Å². The van der Waals surface area contributed by atoms with Crippen LogP contribution in [0.2, 0.25) is 0 Å². The van der Waals surface area contributed by atoms with Gasteiger partial charge in [-0.05, 0) is 80.2 Å². The summed E-state index contributed by atoms with van der Waals surface area (Å²) in [6, 6.07) is 51.2. The quantitative estimate of drug-likeness (QED) is 0.192. The van der Waals surface area contributed by atoms with E-state index in [0.29, 0.717) is 0 Å². The molecule has 0 fully saturated rings. The molecule has 0 saturated carbocycles. The van der Waals surface area contributed by atoms with Crippen LogP contribution >= 0.6 is 0 Å². The van der Waals surface area contributed by atoms with Gasteiger partial charge in [0, 0.05) is 39.5 Å². The maximum atomic E-state index is 4.66. The number of allylic oxidation sites excluding steroid dienone is 2. The molecule has 0 radical (unpaired) electrons. The normalized spacial score (nSPS) is 13.0. The fraction of sp³-hybridized carbons (Fsp3) is 0.0217. The van der Waals surface area contributed by atoms with E-state index in [9.17, 15) is 0 Å². The lowest BCUT2D eigenvalue weighted by atomic mass is 9.96. The Morgan fingerprint density at radius 3 is 2.06 bits per heavy atom.